The minimum atomic E-state index is 0.134. The van der Waals surface area contributed by atoms with Gasteiger partial charge in [-0.1, -0.05) is 29.8 Å². The molecule has 5 heteroatoms. The zero-order valence-corrected chi connectivity index (χ0v) is 14.2. The van der Waals surface area contributed by atoms with Gasteiger partial charge in [-0.25, -0.2) is 4.99 Å². The Labute approximate surface area is 133 Å². The van der Waals surface area contributed by atoms with Gasteiger partial charge in [0.1, 0.15) is 0 Å². The van der Waals surface area contributed by atoms with Crippen LogP contribution >= 0.6 is 11.6 Å². The van der Waals surface area contributed by atoms with Crippen molar-refractivity contribution in [2.45, 2.75) is 39.8 Å². The molecule has 3 N–H and O–H groups in total. The Morgan fingerprint density at radius 2 is 1.86 bits per heavy atom. The molecule has 0 saturated carbocycles. The van der Waals surface area contributed by atoms with E-state index in [1.54, 1.807) is 0 Å². The Hall–Kier alpha value is -1.26. The van der Waals surface area contributed by atoms with Crippen molar-refractivity contribution in [3.63, 3.8) is 0 Å². The molecule has 1 aromatic carbocycles. The standard InChI is InChI=1S/C16H27ClN4/c1-5-18-15(19-10-11-21-16(2,3)4)20-12-13-8-6-7-9-14(13)17/h6-9,21H,5,10-12H2,1-4H3,(H2,18,19,20). The number of halogens is 1. The summed E-state index contributed by atoms with van der Waals surface area (Å²) in [6, 6.07) is 7.79. The van der Waals surface area contributed by atoms with Crippen molar-refractivity contribution in [1.29, 1.82) is 0 Å². The summed E-state index contributed by atoms with van der Waals surface area (Å²) < 4.78 is 0. The molecule has 0 amide bonds. The van der Waals surface area contributed by atoms with Crippen LogP contribution in [-0.4, -0.2) is 31.1 Å². The van der Waals surface area contributed by atoms with Gasteiger partial charge in [-0.05, 0) is 39.3 Å². The first-order valence-corrected chi connectivity index (χ1v) is 7.81. The predicted octanol–water partition coefficient (Wildman–Crippen LogP) is 2.78. The molecular formula is C16H27ClN4. The SMILES string of the molecule is CCNC(=NCc1ccccc1Cl)NCCNC(C)(C)C. The Bertz CT molecular complexity index is 452. The molecule has 1 aromatic rings. The molecule has 0 atom stereocenters. The average Bonchev–Trinajstić information content (AvgIpc) is 2.41. The number of rotatable bonds is 6. The molecule has 0 fully saturated rings. The Morgan fingerprint density at radius 3 is 2.48 bits per heavy atom. The number of hydrogen-bond acceptors (Lipinski definition) is 2. The van der Waals surface area contributed by atoms with Crippen LogP contribution in [0, 0.1) is 0 Å². The van der Waals surface area contributed by atoms with E-state index in [1.807, 2.05) is 24.3 Å². The van der Waals surface area contributed by atoms with E-state index in [-0.39, 0.29) is 5.54 Å². The summed E-state index contributed by atoms with van der Waals surface area (Å²) in [6.07, 6.45) is 0. The second-order valence-corrected chi connectivity index (χ2v) is 6.30. The maximum Gasteiger partial charge on any atom is 0.191 e. The second kappa shape index (κ2) is 8.90. The molecule has 0 heterocycles. The van der Waals surface area contributed by atoms with Gasteiger partial charge >= 0.3 is 0 Å². The Morgan fingerprint density at radius 1 is 1.14 bits per heavy atom. The molecule has 21 heavy (non-hydrogen) atoms. The van der Waals surface area contributed by atoms with Crippen LogP contribution in [0.1, 0.15) is 33.3 Å². The highest BCUT2D eigenvalue weighted by atomic mass is 35.5. The number of guanidine groups is 1. The predicted molar refractivity (Wildman–Crippen MR) is 92.0 cm³/mol. The molecule has 1 rings (SSSR count). The molecule has 0 aliphatic carbocycles. The summed E-state index contributed by atoms with van der Waals surface area (Å²) in [5.74, 6) is 0.813. The Kier molecular flexibility index (Phi) is 7.54. The molecule has 0 saturated heterocycles. The van der Waals surface area contributed by atoms with Gasteiger partial charge in [0.25, 0.3) is 0 Å². The largest absolute Gasteiger partial charge is 0.357 e. The number of nitrogens with one attached hydrogen (secondary N) is 3. The molecule has 0 radical (unpaired) electrons. The van der Waals surface area contributed by atoms with Crippen LogP contribution < -0.4 is 16.0 Å². The van der Waals surface area contributed by atoms with E-state index in [0.717, 1.165) is 36.2 Å². The fourth-order valence-corrected chi connectivity index (χ4v) is 1.95. The summed E-state index contributed by atoms with van der Waals surface area (Å²) >= 11 is 6.14. The first-order chi connectivity index (χ1) is 9.92. The monoisotopic (exact) mass is 310 g/mol. The average molecular weight is 311 g/mol. The van der Waals surface area contributed by atoms with E-state index in [2.05, 4.69) is 48.6 Å². The van der Waals surface area contributed by atoms with E-state index in [1.165, 1.54) is 0 Å². The molecule has 0 aromatic heterocycles. The zero-order valence-electron chi connectivity index (χ0n) is 13.5. The lowest BCUT2D eigenvalue weighted by Crippen LogP contribution is -2.44. The highest BCUT2D eigenvalue weighted by Gasteiger charge is 2.07. The summed E-state index contributed by atoms with van der Waals surface area (Å²) in [7, 11) is 0. The van der Waals surface area contributed by atoms with Gasteiger partial charge in [0.15, 0.2) is 5.96 Å². The molecule has 4 nitrogen and oxygen atoms in total. The third kappa shape index (κ3) is 7.93. The van der Waals surface area contributed by atoms with Gasteiger partial charge in [0.2, 0.25) is 0 Å². The van der Waals surface area contributed by atoms with Crippen LogP contribution in [0.5, 0.6) is 0 Å². The van der Waals surface area contributed by atoms with Crippen LogP contribution in [0.3, 0.4) is 0 Å². The maximum atomic E-state index is 6.14. The number of hydrogen-bond donors (Lipinski definition) is 3. The molecule has 0 aliphatic heterocycles. The number of aliphatic imine (C=N–C) groups is 1. The first kappa shape index (κ1) is 17.8. The summed E-state index contributed by atoms with van der Waals surface area (Å²) in [5, 5.41) is 10.7. The third-order valence-electron chi connectivity index (χ3n) is 2.78. The van der Waals surface area contributed by atoms with Gasteiger partial charge < -0.3 is 16.0 Å². The third-order valence-corrected chi connectivity index (χ3v) is 3.15. The van der Waals surface area contributed by atoms with Crippen LogP contribution in [0.25, 0.3) is 0 Å². The minimum Gasteiger partial charge on any atom is -0.357 e. The van der Waals surface area contributed by atoms with Crippen molar-refractivity contribution < 1.29 is 0 Å². The van der Waals surface area contributed by atoms with Gasteiger partial charge in [0, 0.05) is 30.2 Å². The molecule has 0 aliphatic rings. The van der Waals surface area contributed by atoms with E-state index < -0.39 is 0 Å². The molecule has 118 valence electrons. The first-order valence-electron chi connectivity index (χ1n) is 7.43. The Balaban J connectivity index is 2.48. The topological polar surface area (TPSA) is 48.5 Å². The number of benzene rings is 1. The molecule has 0 unspecified atom stereocenters. The molecular weight excluding hydrogens is 284 g/mol. The fourth-order valence-electron chi connectivity index (χ4n) is 1.75. The maximum absolute atomic E-state index is 6.14. The fraction of sp³-hybridized carbons (Fsp3) is 0.562. The second-order valence-electron chi connectivity index (χ2n) is 5.89. The summed E-state index contributed by atoms with van der Waals surface area (Å²) in [4.78, 5) is 4.56. The quantitative estimate of drug-likeness (QED) is 0.430. The van der Waals surface area contributed by atoms with Crippen molar-refractivity contribution in [3.05, 3.63) is 34.9 Å². The normalized spacial score (nSPS) is 12.3. The van der Waals surface area contributed by atoms with Crippen molar-refractivity contribution in [2.24, 2.45) is 4.99 Å². The lowest BCUT2D eigenvalue weighted by molar-refractivity contribution is 0.428. The van der Waals surface area contributed by atoms with Crippen molar-refractivity contribution in [1.82, 2.24) is 16.0 Å². The summed E-state index contributed by atoms with van der Waals surface area (Å²) in [5.41, 5.74) is 1.17. The van der Waals surface area contributed by atoms with Crippen molar-refractivity contribution in [2.75, 3.05) is 19.6 Å². The van der Waals surface area contributed by atoms with Crippen LogP contribution in [0.2, 0.25) is 5.02 Å². The van der Waals surface area contributed by atoms with Gasteiger partial charge in [-0.2, -0.15) is 0 Å². The number of nitrogens with zero attached hydrogens (tertiary/aromatic N) is 1. The van der Waals surface area contributed by atoms with Crippen LogP contribution in [0.15, 0.2) is 29.3 Å². The van der Waals surface area contributed by atoms with Gasteiger partial charge in [-0.15, -0.1) is 0 Å². The minimum absolute atomic E-state index is 0.134. The smallest absolute Gasteiger partial charge is 0.191 e. The molecule has 0 bridgehead atoms. The van der Waals surface area contributed by atoms with E-state index in [4.69, 9.17) is 11.6 Å². The van der Waals surface area contributed by atoms with Crippen LogP contribution in [0.4, 0.5) is 0 Å². The summed E-state index contributed by atoms with van der Waals surface area (Å²) in [6.45, 7) is 11.6. The lowest BCUT2D eigenvalue weighted by Gasteiger charge is -2.21. The van der Waals surface area contributed by atoms with Crippen molar-refractivity contribution in [3.8, 4) is 0 Å². The highest BCUT2D eigenvalue weighted by Crippen LogP contribution is 2.15. The van der Waals surface area contributed by atoms with Gasteiger partial charge in [0.05, 0.1) is 6.54 Å². The van der Waals surface area contributed by atoms with E-state index in [0.29, 0.717) is 6.54 Å². The van der Waals surface area contributed by atoms with Crippen molar-refractivity contribution >= 4 is 17.6 Å². The van der Waals surface area contributed by atoms with E-state index >= 15 is 0 Å². The molecule has 0 spiro atoms. The van der Waals surface area contributed by atoms with Crippen LogP contribution in [-0.2, 0) is 6.54 Å². The zero-order chi connectivity index (χ0) is 15.7. The van der Waals surface area contributed by atoms with Gasteiger partial charge in [-0.3, -0.25) is 0 Å². The van der Waals surface area contributed by atoms with E-state index in [9.17, 15) is 0 Å². The highest BCUT2D eigenvalue weighted by molar-refractivity contribution is 6.31. The lowest BCUT2D eigenvalue weighted by atomic mass is 10.1.